The first-order valence-corrected chi connectivity index (χ1v) is 6.81. The lowest BCUT2D eigenvalue weighted by Gasteiger charge is -2.13. The van der Waals surface area contributed by atoms with Crippen molar-refractivity contribution in [3.05, 3.63) is 22.9 Å². The molecule has 1 heterocycles. The summed E-state index contributed by atoms with van der Waals surface area (Å²) in [4.78, 5) is 4.65. The van der Waals surface area contributed by atoms with Crippen molar-refractivity contribution >= 4 is 17.2 Å². The van der Waals surface area contributed by atoms with E-state index in [1.807, 2.05) is 19.9 Å². The van der Waals surface area contributed by atoms with E-state index < -0.39 is 0 Å². The Bertz CT molecular complexity index is 447. The molecule has 1 rings (SSSR count). The molecule has 4 nitrogen and oxygen atoms in total. The van der Waals surface area contributed by atoms with Crippen LogP contribution in [0.5, 0.6) is 5.88 Å². The number of nitrogens with two attached hydrogens (primary N) is 1. The number of aromatic nitrogens is 1. The van der Waals surface area contributed by atoms with Gasteiger partial charge in [0.05, 0.1) is 12.2 Å². The number of nitrogens with zero attached hydrogens (tertiary/aromatic N) is 1. The molecular weight excluding hydrogens is 260 g/mol. The Morgan fingerprint density at radius 1 is 1.37 bits per heavy atom. The second-order valence-electron chi connectivity index (χ2n) is 4.94. The highest BCUT2D eigenvalue weighted by Crippen LogP contribution is 2.20. The summed E-state index contributed by atoms with van der Waals surface area (Å²) in [5.41, 5.74) is 8.30. The van der Waals surface area contributed by atoms with Gasteiger partial charge in [0.1, 0.15) is 11.6 Å². The molecule has 0 spiro atoms. The third-order valence-electron chi connectivity index (χ3n) is 2.48. The summed E-state index contributed by atoms with van der Waals surface area (Å²) in [7, 11) is 0. The number of aryl methyl sites for hydroxylation is 2. The fourth-order valence-electron chi connectivity index (χ4n) is 1.72. The van der Waals surface area contributed by atoms with E-state index in [0.717, 1.165) is 17.9 Å². The number of ether oxygens (including phenoxy) is 2. The zero-order valence-electron chi connectivity index (χ0n) is 12.0. The van der Waals surface area contributed by atoms with E-state index in [4.69, 9.17) is 27.4 Å². The van der Waals surface area contributed by atoms with E-state index in [1.54, 1.807) is 0 Å². The third kappa shape index (κ3) is 5.12. The number of hydrogen-bond donors (Lipinski definition) is 1. The van der Waals surface area contributed by atoms with Crippen LogP contribution in [0.15, 0.2) is 6.07 Å². The van der Waals surface area contributed by atoms with E-state index >= 15 is 0 Å². The average Bonchev–Trinajstić information content (AvgIpc) is 2.26. The molecule has 0 atom stereocenters. The minimum atomic E-state index is 0.308. The lowest BCUT2D eigenvalue weighted by Crippen LogP contribution is -2.17. The fraction of sp³-hybridized carbons (Fsp3) is 0.571. The molecule has 0 fully saturated rings. The van der Waals surface area contributed by atoms with E-state index in [1.165, 1.54) is 0 Å². The first-order valence-electron chi connectivity index (χ1n) is 6.40. The number of hydrogen-bond acceptors (Lipinski definition) is 4. The van der Waals surface area contributed by atoms with Crippen LogP contribution in [0, 0.1) is 19.8 Å². The Balaban J connectivity index is 2.64. The average molecular weight is 282 g/mol. The van der Waals surface area contributed by atoms with Gasteiger partial charge in [-0.2, -0.15) is 0 Å². The third-order valence-corrected chi connectivity index (χ3v) is 2.68. The van der Waals surface area contributed by atoms with Crippen molar-refractivity contribution in [2.75, 3.05) is 19.8 Å². The Hall–Kier alpha value is -1.20. The summed E-state index contributed by atoms with van der Waals surface area (Å²) in [6, 6.07) is 1.94. The van der Waals surface area contributed by atoms with Crippen LogP contribution in [-0.4, -0.2) is 29.8 Å². The Kier molecular flexibility index (Phi) is 6.18. The molecule has 0 bridgehead atoms. The second kappa shape index (κ2) is 7.40. The van der Waals surface area contributed by atoms with E-state index in [9.17, 15) is 0 Å². The summed E-state index contributed by atoms with van der Waals surface area (Å²) in [6.45, 7) is 9.78. The molecule has 0 aliphatic heterocycles. The van der Waals surface area contributed by atoms with Gasteiger partial charge in [0.25, 0.3) is 0 Å². The molecule has 1 aromatic rings. The maximum absolute atomic E-state index is 5.72. The van der Waals surface area contributed by atoms with E-state index in [2.05, 4.69) is 18.8 Å². The van der Waals surface area contributed by atoms with Crippen molar-refractivity contribution < 1.29 is 9.47 Å². The first-order chi connectivity index (χ1) is 8.91. The lowest BCUT2D eigenvalue weighted by atomic mass is 10.1. The lowest BCUT2D eigenvalue weighted by molar-refractivity contribution is 0.0805. The van der Waals surface area contributed by atoms with Crippen molar-refractivity contribution in [2.24, 2.45) is 11.7 Å². The maximum Gasteiger partial charge on any atom is 0.224 e. The van der Waals surface area contributed by atoms with E-state index in [-0.39, 0.29) is 0 Å². The van der Waals surface area contributed by atoms with Crippen LogP contribution < -0.4 is 10.5 Å². The molecule has 0 unspecified atom stereocenters. The van der Waals surface area contributed by atoms with Crippen LogP contribution in [0.1, 0.15) is 30.7 Å². The second-order valence-corrected chi connectivity index (χ2v) is 5.38. The summed E-state index contributed by atoms with van der Waals surface area (Å²) < 4.78 is 11.1. The first kappa shape index (κ1) is 15.9. The molecule has 0 aliphatic carbocycles. The van der Waals surface area contributed by atoms with Crippen molar-refractivity contribution in [2.45, 2.75) is 27.7 Å². The van der Waals surface area contributed by atoms with Crippen LogP contribution in [0.4, 0.5) is 0 Å². The zero-order chi connectivity index (χ0) is 14.4. The van der Waals surface area contributed by atoms with Crippen LogP contribution in [0.25, 0.3) is 0 Å². The zero-order valence-corrected chi connectivity index (χ0v) is 12.8. The van der Waals surface area contributed by atoms with Crippen molar-refractivity contribution in [1.82, 2.24) is 4.98 Å². The predicted molar refractivity (Wildman–Crippen MR) is 80.8 cm³/mol. The van der Waals surface area contributed by atoms with Crippen molar-refractivity contribution in [3.8, 4) is 5.88 Å². The monoisotopic (exact) mass is 282 g/mol. The summed E-state index contributed by atoms with van der Waals surface area (Å²) in [5, 5.41) is 0. The van der Waals surface area contributed by atoms with Gasteiger partial charge in [-0.25, -0.2) is 4.98 Å². The molecule has 19 heavy (non-hydrogen) atoms. The quantitative estimate of drug-likeness (QED) is 0.614. The number of thiocarbonyl (C=S) groups is 1. The molecule has 0 saturated heterocycles. The molecule has 0 radical (unpaired) electrons. The Morgan fingerprint density at radius 2 is 2.05 bits per heavy atom. The van der Waals surface area contributed by atoms with Crippen LogP contribution in [0.2, 0.25) is 0 Å². The fourth-order valence-corrected chi connectivity index (χ4v) is 1.97. The molecule has 0 amide bonds. The topological polar surface area (TPSA) is 57.4 Å². The Labute approximate surface area is 120 Å². The van der Waals surface area contributed by atoms with E-state index in [0.29, 0.717) is 35.6 Å². The van der Waals surface area contributed by atoms with Gasteiger partial charge in [-0.3, -0.25) is 0 Å². The highest BCUT2D eigenvalue weighted by Gasteiger charge is 2.12. The van der Waals surface area contributed by atoms with Crippen molar-refractivity contribution in [1.29, 1.82) is 0 Å². The molecule has 5 heteroatoms. The molecular formula is C14H22N2O2S. The molecule has 0 aliphatic rings. The summed E-state index contributed by atoms with van der Waals surface area (Å²) in [5.74, 6) is 1.02. The minimum Gasteiger partial charge on any atom is -0.475 e. The summed E-state index contributed by atoms with van der Waals surface area (Å²) >= 11 is 5.04. The predicted octanol–water partition coefficient (Wildman–Crippen LogP) is 2.38. The van der Waals surface area contributed by atoms with Gasteiger partial charge < -0.3 is 15.2 Å². The van der Waals surface area contributed by atoms with Crippen LogP contribution in [-0.2, 0) is 4.74 Å². The maximum atomic E-state index is 5.72. The molecule has 2 N–H and O–H groups in total. The normalized spacial score (nSPS) is 10.8. The van der Waals surface area contributed by atoms with Gasteiger partial charge in [0.2, 0.25) is 5.88 Å². The largest absolute Gasteiger partial charge is 0.475 e. The van der Waals surface area contributed by atoms with Crippen molar-refractivity contribution in [3.63, 3.8) is 0 Å². The minimum absolute atomic E-state index is 0.308. The van der Waals surface area contributed by atoms with Gasteiger partial charge in [0.15, 0.2) is 0 Å². The summed E-state index contributed by atoms with van der Waals surface area (Å²) in [6.07, 6.45) is 0. The highest BCUT2D eigenvalue weighted by molar-refractivity contribution is 7.80. The van der Waals surface area contributed by atoms with Crippen LogP contribution in [0.3, 0.4) is 0 Å². The van der Waals surface area contributed by atoms with Gasteiger partial charge in [-0.15, -0.1) is 0 Å². The van der Waals surface area contributed by atoms with Gasteiger partial charge in [-0.1, -0.05) is 26.1 Å². The van der Waals surface area contributed by atoms with Gasteiger partial charge in [-0.05, 0) is 31.4 Å². The molecule has 0 aromatic carbocycles. The van der Waals surface area contributed by atoms with Gasteiger partial charge >= 0.3 is 0 Å². The molecule has 106 valence electrons. The number of pyridine rings is 1. The number of rotatable bonds is 7. The molecule has 1 aromatic heterocycles. The standard InChI is InChI=1S/C14H22N2O2S/c1-9(2)8-17-5-6-18-14-12(13(15)19)10(3)7-11(4)16-14/h7,9H,5-6,8H2,1-4H3,(H2,15,19). The Morgan fingerprint density at radius 3 is 2.63 bits per heavy atom. The van der Waals surface area contributed by atoms with Crippen LogP contribution >= 0.6 is 12.2 Å². The smallest absolute Gasteiger partial charge is 0.224 e. The van der Waals surface area contributed by atoms with Gasteiger partial charge in [0, 0.05) is 12.3 Å². The highest BCUT2D eigenvalue weighted by atomic mass is 32.1. The SMILES string of the molecule is Cc1cc(C)c(C(N)=S)c(OCCOCC(C)C)n1. The molecule has 0 saturated carbocycles.